The van der Waals surface area contributed by atoms with Crippen molar-refractivity contribution in [2.75, 3.05) is 0 Å². The normalized spacial score (nSPS) is 32.0. The molecule has 2 nitrogen and oxygen atoms in total. The molecule has 2 N–H and O–H groups in total. The van der Waals surface area contributed by atoms with Gasteiger partial charge >= 0.3 is 0 Å². The van der Waals surface area contributed by atoms with Crippen LogP contribution in [0.4, 0.5) is 0 Å². The van der Waals surface area contributed by atoms with Crippen LogP contribution in [-0.2, 0) is 4.74 Å². The molecule has 0 aromatic heterocycles. The van der Waals surface area contributed by atoms with Crippen LogP contribution in [0.5, 0.6) is 0 Å². The van der Waals surface area contributed by atoms with Crippen molar-refractivity contribution in [2.45, 2.75) is 64.2 Å². The fourth-order valence-corrected chi connectivity index (χ4v) is 1.82. The zero-order valence-corrected chi connectivity index (χ0v) is 8.25. The van der Waals surface area contributed by atoms with Crippen LogP contribution in [0.3, 0.4) is 0 Å². The van der Waals surface area contributed by atoms with E-state index in [1.54, 1.807) is 0 Å². The molecule has 72 valence electrons. The van der Waals surface area contributed by atoms with Crippen molar-refractivity contribution in [1.82, 2.24) is 0 Å². The minimum absolute atomic E-state index is 0.273. The Balaban J connectivity index is 2.36. The molecule has 1 fully saturated rings. The van der Waals surface area contributed by atoms with Crippen molar-refractivity contribution in [3.63, 3.8) is 0 Å². The van der Waals surface area contributed by atoms with E-state index in [2.05, 4.69) is 13.8 Å². The van der Waals surface area contributed by atoms with E-state index in [0.29, 0.717) is 12.2 Å². The summed E-state index contributed by atoms with van der Waals surface area (Å²) < 4.78 is 5.76. The van der Waals surface area contributed by atoms with E-state index in [9.17, 15) is 0 Å². The lowest BCUT2D eigenvalue weighted by Gasteiger charge is -2.23. The lowest BCUT2D eigenvalue weighted by atomic mass is 10.1. The summed E-state index contributed by atoms with van der Waals surface area (Å²) >= 11 is 0. The average molecular weight is 171 g/mol. The van der Waals surface area contributed by atoms with Crippen LogP contribution in [0.15, 0.2) is 0 Å². The van der Waals surface area contributed by atoms with Gasteiger partial charge < -0.3 is 10.5 Å². The topological polar surface area (TPSA) is 35.2 Å². The average Bonchev–Trinajstić information content (AvgIpc) is 2.16. The van der Waals surface area contributed by atoms with Crippen molar-refractivity contribution >= 4 is 0 Å². The van der Waals surface area contributed by atoms with Gasteiger partial charge in [-0.15, -0.1) is 0 Å². The molecule has 12 heavy (non-hydrogen) atoms. The van der Waals surface area contributed by atoms with Crippen LogP contribution in [0.25, 0.3) is 0 Å². The van der Waals surface area contributed by atoms with E-state index in [4.69, 9.17) is 10.5 Å². The first-order valence-corrected chi connectivity index (χ1v) is 5.11. The molecule has 0 saturated heterocycles. The molecule has 2 atom stereocenters. The van der Waals surface area contributed by atoms with Crippen molar-refractivity contribution < 1.29 is 4.74 Å². The van der Waals surface area contributed by atoms with Gasteiger partial charge in [0.05, 0.1) is 12.2 Å². The lowest BCUT2D eigenvalue weighted by Crippen LogP contribution is -2.37. The summed E-state index contributed by atoms with van der Waals surface area (Å²) in [5.74, 6) is 0. The van der Waals surface area contributed by atoms with Gasteiger partial charge in [-0.05, 0) is 26.7 Å². The number of hydrogen-bond donors (Lipinski definition) is 1. The Morgan fingerprint density at radius 2 is 1.83 bits per heavy atom. The summed E-state index contributed by atoms with van der Waals surface area (Å²) in [5, 5.41) is 0. The Morgan fingerprint density at radius 3 is 2.50 bits per heavy atom. The highest BCUT2D eigenvalue weighted by molar-refractivity contribution is 4.77. The van der Waals surface area contributed by atoms with Crippen molar-refractivity contribution in [1.29, 1.82) is 0 Å². The zero-order chi connectivity index (χ0) is 8.97. The summed E-state index contributed by atoms with van der Waals surface area (Å²) in [6.45, 7) is 4.16. The van der Waals surface area contributed by atoms with Crippen LogP contribution in [0.1, 0.15) is 46.0 Å². The quantitative estimate of drug-likeness (QED) is 0.645. The molecule has 0 spiro atoms. The van der Waals surface area contributed by atoms with Gasteiger partial charge in [-0.25, -0.2) is 0 Å². The molecular weight excluding hydrogens is 150 g/mol. The molecule has 0 aliphatic heterocycles. The van der Waals surface area contributed by atoms with Gasteiger partial charge in [0.1, 0.15) is 0 Å². The first kappa shape index (κ1) is 10.0. The standard InChI is InChI=1S/C10H21NO/c1-8(2)12-10-7-5-3-4-6-9(10)11/h8-10H,3-7,11H2,1-2H3/t9-,10-/m1/s1. The van der Waals surface area contributed by atoms with Gasteiger partial charge in [0.25, 0.3) is 0 Å². The number of rotatable bonds is 2. The van der Waals surface area contributed by atoms with Gasteiger partial charge in [0, 0.05) is 6.04 Å². The van der Waals surface area contributed by atoms with Crippen molar-refractivity contribution in [2.24, 2.45) is 5.73 Å². The third-order valence-electron chi connectivity index (χ3n) is 2.45. The van der Waals surface area contributed by atoms with Crippen LogP contribution < -0.4 is 5.73 Å². The van der Waals surface area contributed by atoms with Crippen molar-refractivity contribution in [3.8, 4) is 0 Å². The van der Waals surface area contributed by atoms with Gasteiger partial charge in [0.2, 0.25) is 0 Å². The molecule has 1 rings (SSSR count). The highest BCUT2D eigenvalue weighted by Crippen LogP contribution is 2.20. The minimum Gasteiger partial charge on any atom is -0.374 e. The Bertz CT molecular complexity index is 125. The molecule has 1 aliphatic carbocycles. The number of hydrogen-bond acceptors (Lipinski definition) is 2. The largest absolute Gasteiger partial charge is 0.374 e. The summed E-state index contributed by atoms with van der Waals surface area (Å²) in [7, 11) is 0. The monoisotopic (exact) mass is 171 g/mol. The predicted molar refractivity (Wildman–Crippen MR) is 51.1 cm³/mol. The molecular formula is C10H21NO. The third-order valence-corrected chi connectivity index (χ3v) is 2.45. The summed E-state index contributed by atoms with van der Waals surface area (Å²) in [6.07, 6.45) is 6.80. The maximum absolute atomic E-state index is 6.00. The third kappa shape index (κ3) is 3.11. The summed E-state index contributed by atoms with van der Waals surface area (Å²) in [5.41, 5.74) is 6.00. The van der Waals surface area contributed by atoms with Crippen LogP contribution >= 0.6 is 0 Å². The summed E-state index contributed by atoms with van der Waals surface area (Å²) in [4.78, 5) is 0. The van der Waals surface area contributed by atoms with Crippen LogP contribution in [-0.4, -0.2) is 18.2 Å². The second kappa shape index (κ2) is 4.83. The highest BCUT2D eigenvalue weighted by Gasteiger charge is 2.21. The van der Waals surface area contributed by atoms with E-state index in [1.807, 2.05) is 0 Å². The highest BCUT2D eigenvalue weighted by atomic mass is 16.5. The van der Waals surface area contributed by atoms with Crippen LogP contribution in [0, 0.1) is 0 Å². The van der Waals surface area contributed by atoms with Gasteiger partial charge in [-0.2, -0.15) is 0 Å². The van der Waals surface area contributed by atoms with Crippen LogP contribution in [0.2, 0.25) is 0 Å². The molecule has 0 aromatic rings. The summed E-state index contributed by atoms with van der Waals surface area (Å²) in [6, 6.07) is 0.273. The molecule has 0 aromatic carbocycles. The van der Waals surface area contributed by atoms with E-state index in [0.717, 1.165) is 12.8 Å². The Kier molecular flexibility index (Phi) is 4.02. The molecule has 0 radical (unpaired) electrons. The molecule has 0 amide bonds. The Hall–Kier alpha value is -0.0800. The molecule has 0 unspecified atom stereocenters. The fraction of sp³-hybridized carbons (Fsp3) is 1.00. The first-order chi connectivity index (χ1) is 5.70. The maximum Gasteiger partial charge on any atom is 0.0729 e. The smallest absolute Gasteiger partial charge is 0.0729 e. The Labute approximate surface area is 75.5 Å². The van der Waals surface area contributed by atoms with Gasteiger partial charge in [-0.3, -0.25) is 0 Å². The van der Waals surface area contributed by atoms with Crippen molar-refractivity contribution in [3.05, 3.63) is 0 Å². The van der Waals surface area contributed by atoms with E-state index >= 15 is 0 Å². The Morgan fingerprint density at radius 1 is 1.17 bits per heavy atom. The predicted octanol–water partition coefficient (Wildman–Crippen LogP) is 2.07. The number of ether oxygens (including phenoxy) is 1. The molecule has 0 bridgehead atoms. The SMILES string of the molecule is CC(C)O[C@@H]1CCCCC[C@H]1N. The molecule has 1 aliphatic rings. The minimum atomic E-state index is 0.273. The first-order valence-electron chi connectivity index (χ1n) is 5.11. The lowest BCUT2D eigenvalue weighted by molar-refractivity contribution is -0.00985. The molecule has 2 heteroatoms. The van der Waals surface area contributed by atoms with E-state index in [1.165, 1.54) is 19.3 Å². The molecule has 0 heterocycles. The van der Waals surface area contributed by atoms with Gasteiger partial charge in [0.15, 0.2) is 0 Å². The number of nitrogens with two attached hydrogens (primary N) is 1. The van der Waals surface area contributed by atoms with E-state index in [-0.39, 0.29) is 6.04 Å². The zero-order valence-electron chi connectivity index (χ0n) is 8.25. The van der Waals surface area contributed by atoms with E-state index < -0.39 is 0 Å². The fourth-order valence-electron chi connectivity index (χ4n) is 1.82. The van der Waals surface area contributed by atoms with Gasteiger partial charge in [-0.1, -0.05) is 19.3 Å². The maximum atomic E-state index is 6.00. The molecule has 1 saturated carbocycles. The second-order valence-corrected chi connectivity index (χ2v) is 4.03. The second-order valence-electron chi connectivity index (χ2n) is 4.03.